The highest BCUT2D eigenvalue weighted by Crippen LogP contribution is 2.31. The van der Waals surface area contributed by atoms with Crippen molar-refractivity contribution in [3.8, 4) is 0 Å². The molecular formula is C28H34N4O5. The molecule has 2 aromatic rings. The molecule has 37 heavy (non-hydrogen) atoms. The fourth-order valence-electron chi connectivity index (χ4n) is 5.13. The number of piperidine rings is 1. The Balaban J connectivity index is 1.18. The standard InChI is InChI=1S/C28H34N4O5/c1-28(2,3)37-27(35)30-14-13-20-15-22(10-9-21(20)16-30)29-25(33)24-12-11-23-17-31(24)26(34)32(23)36-18-19-7-5-4-6-8-19/h4-10,15,23-24H,11-14,16-18H2,1-3H3,(H,29,33)/t23-,24+/m1/s1. The Morgan fingerprint density at radius 2 is 1.84 bits per heavy atom. The Morgan fingerprint density at radius 1 is 1.05 bits per heavy atom. The number of nitrogens with zero attached hydrogens (tertiary/aromatic N) is 3. The third-order valence-electron chi connectivity index (χ3n) is 6.98. The molecule has 0 aromatic heterocycles. The molecule has 2 atom stereocenters. The van der Waals surface area contributed by atoms with Crippen LogP contribution in [0.3, 0.4) is 0 Å². The molecule has 2 aromatic carbocycles. The Labute approximate surface area is 217 Å². The highest BCUT2D eigenvalue weighted by atomic mass is 16.7. The van der Waals surface area contributed by atoms with Gasteiger partial charge in [0.25, 0.3) is 0 Å². The zero-order valence-electron chi connectivity index (χ0n) is 21.6. The average molecular weight is 507 g/mol. The van der Waals surface area contributed by atoms with Gasteiger partial charge in [0.15, 0.2) is 0 Å². The molecule has 3 heterocycles. The summed E-state index contributed by atoms with van der Waals surface area (Å²) < 4.78 is 5.50. The van der Waals surface area contributed by atoms with E-state index in [9.17, 15) is 14.4 Å². The molecule has 9 nitrogen and oxygen atoms in total. The van der Waals surface area contributed by atoms with Gasteiger partial charge >= 0.3 is 12.1 Å². The van der Waals surface area contributed by atoms with Crippen LogP contribution in [-0.2, 0) is 33.9 Å². The van der Waals surface area contributed by atoms with Crippen LogP contribution in [0.4, 0.5) is 15.3 Å². The largest absolute Gasteiger partial charge is 0.444 e. The number of urea groups is 1. The van der Waals surface area contributed by atoms with Gasteiger partial charge in [-0.1, -0.05) is 36.4 Å². The zero-order valence-corrected chi connectivity index (χ0v) is 21.6. The number of hydrogen-bond donors (Lipinski definition) is 1. The van der Waals surface area contributed by atoms with Crippen LogP contribution in [0.15, 0.2) is 48.5 Å². The van der Waals surface area contributed by atoms with E-state index in [1.165, 1.54) is 5.06 Å². The summed E-state index contributed by atoms with van der Waals surface area (Å²) >= 11 is 0. The molecule has 0 unspecified atom stereocenters. The number of hydroxylamine groups is 2. The summed E-state index contributed by atoms with van der Waals surface area (Å²) in [4.78, 5) is 47.8. The van der Waals surface area contributed by atoms with Gasteiger partial charge in [0, 0.05) is 25.3 Å². The quantitative estimate of drug-likeness (QED) is 0.652. The third kappa shape index (κ3) is 5.56. The van der Waals surface area contributed by atoms with Crippen LogP contribution in [0.2, 0.25) is 0 Å². The van der Waals surface area contributed by atoms with Crippen molar-refractivity contribution in [2.24, 2.45) is 0 Å². The molecule has 5 rings (SSSR count). The Bertz CT molecular complexity index is 1180. The fourth-order valence-corrected chi connectivity index (χ4v) is 5.13. The van der Waals surface area contributed by atoms with Gasteiger partial charge in [-0.05, 0) is 68.9 Å². The first-order valence-electron chi connectivity index (χ1n) is 12.9. The molecule has 0 aliphatic carbocycles. The van der Waals surface area contributed by atoms with Crippen LogP contribution in [0.1, 0.15) is 50.3 Å². The van der Waals surface area contributed by atoms with E-state index in [4.69, 9.17) is 9.57 Å². The molecule has 3 aliphatic rings. The first-order valence-corrected chi connectivity index (χ1v) is 12.9. The lowest BCUT2D eigenvalue weighted by Gasteiger charge is -2.31. The second kappa shape index (κ2) is 10.0. The molecule has 196 valence electrons. The molecule has 2 saturated heterocycles. The summed E-state index contributed by atoms with van der Waals surface area (Å²) in [7, 11) is 0. The Kier molecular flexibility index (Phi) is 6.81. The van der Waals surface area contributed by atoms with Crippen LogP contribution < -0.4 is 5.32 Å². The molecule has 2 fully saturated rings. The number of anilines is 1. The van der Waals surface area contributed by atoms with E-state index in [-0.39, 0.29) is 24.1 Å². The third-order valence-corrected chi connectivity index (χ3v) is 6.98. The monoisotopic (exact) mass is 506 g/mol. The summed E-state index contributed by atoms with van der Waals surface area (Å²) in [6, 6.07) is 14.6. The van der Waals surface area contributed by atoms with Gasteiger partial charge in [0.1, 0.15) is 18.2 Å². The predicted molar refractivity (Wildman–Crippen MR) is 137 cm³/mol. The molecule has 0 radical (unpaired) electrons. The maximum Gasteiger partial charge on any atom is 0.410 e. The van der Waals surface area contributed by atoms with Crippen LogP contribution in [0.25, 0.3) is 0 Å². The maximum absolute atomic E-state index is 13.2. The molecule has 0 saturated carbocycles. The summed E-state index contributed by atoms with van der Waals surface area (Å²) in [5, 5.41) is 4.45. The average Bonchev–Trinajstić information content (AvgIpc) is 3.10. The fraction of sp³-hybridized carbons (Fsp3) is 0.464. The number of fused-ring (bicyclic) bond motifs is 3. The van der Waals surface area contributed by atoms with Gasteiger partial charge in [0.2, 0.25) is 5.91 Å². The second-order valence-electron chi connectivity index (χ2n) is 10.9. The number of hydrogen-bond acceptors (Lipinski definition) is 5. The van der Waals surface area contributed by atoms with Crippen molar-refractivity contribution in [2.45, 2.75) is 70.9 Å². The number of ether oxygens (including phenoxy) is 1. The van der Waals surface area contributed by atoms with Crippen molar-refractivity contribution < 1.29 is 24.0 Å². The van der Waals surface area contributed by atoms with E-state index in [1.807, 2.05) is 69.3 Å². The lowest BCUT2D eigenvalue weighted by atomic mass is 9.98. The van der Waals surface area contributed by atoms with Crippen molar-refractivity contribution in [1.82, 2.24) is 14.9 Å². The molecular weight excluding hydrogens is 472 g/mol. The molecule has 1 N–H and O–H groups in total. The summed E-state index contributed by atoms with van der Waals surface area (Å²) in [5.41, 5.74) is 3.28. The van der Waals surface area contributed by atoms with E-state index >= 15 is 0 Å². The number of nitrogens with one attached hydrogen (secondary N) is 1. The van der Waals surface area contributed by atoms with Gasteiger partial charge in [-0.25, -0.2) is 9.59 Å². The first kappa shape index (κ1) is 25.1. The lowest BCUT2D eigenvalue weighted by Crippen LogP contribution is -2.47. The molecule has 0 spiro atoms. The van der Waals surface area contributed by atoms with Crippen molar-refractivity contribution >= 4 is 23.7 Å². The minimum Gasteiger partial charge on any atom is -0.444 e. The van der Waals surface area contributed by atoms with E-state index < -0.39 is 11.6 Å². The van der Waals surface area contributed by atoms with Crippen molar-refractivity contribution in [1.29, 1.82) is 0 Å². The normalized spacial score (nSPS) is 21.1. The summed E-state index contributed by atoms with van der Waals surface area (Å²) in [6.45, 7) is 7.40. The lowest BCUT2D eigenvalue weighted by molar-refractivity contribution is -0.140. The van der Waals surface area contributed by atoms with Crippen LogP contribution in [-0.4, -0.2) is 63.7 Å². The van der Waals surface area contributed by atoms with Crippen LogP contribution >= 0.6 is 0 Å². The van der Waals surface area contributed by atoms with Gasteiger partial charge < -0.3 is 19.9 Å². The smallest absolute Gasteiger partial charge is 0.410 e. The summed E-state index contributed by atoms with van der Waals surface area (Å²) in [6.07, 6.45) is 1.66. The topological polar surface area (TPSA) is 91.4 Å². The first-order chi connectivity index (χ1) is 17.7. The Morgan fingerprint density at radius 3 is 2.59 bits per heavy atom. The maximum atomic E-state index is 13.2. The highest BCUT2D eigenvalue weighted by molar-refractivity contribution is 5.97. The van der Waals surface area contributed by atoms with E-state index in [0.717, 1.165) is 16.7 Å². The number of amides is 4. The minimum atomic E-state index is -0.535. The number of carbonyl (C=O) groups excluding carboxylic acids is 3. The molecule has 3 aliphatic heterocycles. The highest BCUT2D eigenvalue weighted by Gasteiger charge is 2.48. The minimum absolute atomic E-state index is 0.0445. The van der Waals surface area contributed by atoms with Gasteiger partial charge in [-0.2, -0.15) is 5.06 Å². The van der Waals surface area contributed by atoms with Crippen LogP contribution in [0, 0.1) is 0 Å². The molecule has 4 amide bonds. The van der Waals surface area contributed by atoms with Gasteiger partial charge in [-0.3, -0.25) is 9.63 Å². The van der Waals surface area contributed by atoms with Crippen molar-refractivity contribution in [3.63, 3.8) is 0 Å². The number of benzene rings is 2. The van der Waals surface area contributed by atoms with Crippen molar-refractivity contribution in [2.75, 3.05) is 18.4 Å². The SMILES string of the molecule is CC(C)(C)OC(=O)N1CCc2cc(NC(=O)[C@@H]3CC[C@@H]4CN3C(=O)N4OCc3ccccc3)ccc2C1. The van der Waals surface area contributed by atoms with Crippen LogP contribution in [0.5, 0.6) is 0 Å². The second-order valence-corrected chi connectivity index (χ2v) is 10.9. The van der Waals surface area contributed by atoms with E-state index in [1.54, 1.807) is 9.80 Å². The zero-order chi connectivity index (χ0) is 26.2. The van der Waals surface area contributed by atoms with Gasteiger partial charge in [0.05, 0.1) is 6.04 Å². The molecule has 9 heteroatoms. The number of rotatable bonds is 5. The predicted octanol–water partition coefficient (Wildman–Crippen LogP) is 4.32. The Hall–Kier alpha value is -3.59. The molecule has 2 bridgehead atoms. The van der Waals surface area contributed by atoms with E-state index in [0.29, 0.717) is 51.2 Å². The summed E-state index contributed by atoms with van der Waals surface area (Å²) in [5.74, 6) is -0.192. The van der Waals surface area contributed by atoms with Gasteiger partial charge in [-0.15, -0.1) is 0 Å². The number of carbonyl (C=O) groups is 3. The van der Waals surface area contributed by atoms with E-state index in [2.05, 4.69) is 5.32 Å². The van der Waals surface area contributed by atoms with Crippen molar-refractivity contribution in [3.05, 3.63) is 65.2 Å².